The topological polar surface area (TPSA) is 116 Å². The highest BCUT2D eigenvalue weighted by Gasteiger charge is 2.31. The number of carbonyl (C=O) groups excluding carboxylic acids is 1. The third-order valence-electron chi connectivity index (χ3n) is 2.48. The zero-order valence-corrected chi connectivity index (χ0v) is 10.7. The van der Waals surface area contributed by atoms with E-state index < -0.39 is 11.7 Å². The molecule has 0 aliphatic rings. The maximum atomic E-state index is 11.5. The Morgan fingerprint density at radius 2 is 2.00 bits per heavy atom. The van der Waals surface area contributed by atoms with Crippen molar-refractivity contribution >= 4 is 11.7 Å². The molecule has 0 atom stereocenters. The number of aromatic nitrogens is 4. The largest absolute Gasteiger partial charge is 0.497 e. The average molecular weight is 274 g/mol. The van der Waals surface area contributed by atoms with Gasteiger partial charge in [0, 0.05) is 0 Å². The summed E-state index contributed by atoms with van der Waals surface area (Å²) in [6.07, 6.45) is 0. The lowest BCUT2D eigenvalue weighted by Gasteiger charge is -2.03. The lowest BCUT2D eigenvalue weighted by Crippen LogP contribution is -2.22. The lowest BCUT2D eigenvalue weighted by molar-refractivity contribution is -0.137. The van der Waals surface area contributed by atoms with Crippen molar-refractivity contribution in [2.24, 2.45) is 0 Å². The number of rotatable bonds is 4. The van der Waals surface area contributed by atoms with Crippen LogP contribution in [0.1, 0.15) is 5.82 Å². The first-order valence-corrected chi connectivity index (χ1v) is 5.44. The molecule has 1 heterocycles. The maximum absolute atomic E-state index is 11.5. The van der Waals surface area contributed by atoms with Crippen molar-refractivity contribution < 1.29 is 19.1 Å². The summed E-state index contributed by atoms with van der Waals surface area (Å²) >= 11 is 0. The average Bonchev–Trinajstić information content (AvgIpc) is 2.97. The Morgan fingerprint density at radius 1 is 1.30 bits per heavy atom. The van der Waals surface area contributed by atoms with Gasteiger partial charge >= 0.3 is 11.7 Å². The minimum atomic E-state index is -0.850. The fourth-order valence-electron chi connectivity index (χ4n) is 1.51. The summed E-state index contributed by atoms with van der Waals surface area (Å²) in [7, 11) is 2.71. The van der Waals surface area contributed by atoms with Crippen molar-refractivity contribution in [3.63, 3.8) is 0 Å². The van der Waals surface area contributed by atoms with Crippen molar-refractivity contribution in [1.82, 2.24) is 20.2 Å². The summed E-state index contributed by atoms with van der Waals surface area (Å²) in [5, 5.41) is 10.9. The van der Waals surface area contributed by atoms with Crippen molar-refractivity contribution in [1.29, 1.82) is 0 Å². The van der Waals surface area contributed by atoms with Crippen molar-refractivity contribution in [3.8, 4) is 11.4 Å². The van der Waals surface area contributed by atoms with Crippen LogP contribution in [0.25, 0.3) is 11.2 Å². The molecule has 20 heavy (non-hydrogen) atoms. The molecule has 0 fully saturated rings. The van der Waals surface area contributed by atoms with Gasteiger partial charge in [0.05, 0.1) is 19.9 Å². The summed E-state index contributed by atoms with van der Waals surface area (Å²) in [5.74, 6) is -0.228. The summed E-state index contributed by atoms with van der Waals surface area (Å²) in [5.41, 5.74) is 9.08. The molecular weight excluding hydrogens is 264 g/mol. The molecule has 102 valence electrons. The molecule has 2 aromatic rings. The normalized spacial score (nSPS) is 9.70. The highest BCUT2D eigenvalue weighted by Crippen LogP contribution is 2.15. The SMILES string of the molecule is COC(=O)C(=[N+]=[N-])c1nnnn1-c1ccc(OC)cc1. The molecule has 0 aliphatic carbocycles. The molecule has 0 aliphatic heterocycles. The quantitative estimate of drug-likeness (QED) is 0.331. The van der Waals surface area contributed by atoms with Gasteiger partial charge in [-0.1, -0.05) is 5.10 Å². The molecule has 0 bridgehead atoms. The highest BCUT2D eigenvalue weighted by molar-refractivity contribution is 6.39. The van der Waals surface area contributed by atoms with E-state index in [9.17, 15) is 4.79 Å². The third kappa shape index (κ3) is 2.38. The molecule has 0 N–H and O–H groups in total. The molecular formula is C11H10N6O3. The number of benzene rings is 1. The Labute approximate surface area is 113 Å². The van der Waals surface area contributed by atoms with E-state index in [1.54, 1.807) is 31.4 Å². The number of methoxy groups -OCH3 is 2. The van der Waals surface area contributed by atoms with Gasteiger partial charge in [-0.2, -0.15) is 9.47 Å². The number of ether oxygens (including phenoxy) is 2. The highest BCUT2D eigenvalue weighted by atomic mass is 16.5. The molecule has 0 saturated heterocycles. The Kier molecular flexibility index (Phi) is 3.82. The van der Waals surface area contributed by atoms with Crippen LogP contribution in [0.4, 0.5) is 0 Å². The summed E-state index contributed by atoms with van der Waals surface area (Å²) < 4.78 is 10.8. The van der Waals surface area contributed by atoms with Crippen LogP contribution in [0.2, 0.25) is 0 Å². The Hall–Kier alpha value is -3.06. The molecule has 0 unspecified atom stereocenters. The van der Waals surface area contributed by atoms with Gasteiger partial charge in [0.2, 0.25) is 0 Å². The molecule has 1 aromatic heterocycles. The van der Waals surface area contributed by atoms with Crippen LogP contribution < -0.4 is 4.74 Å². The van der Waals surface area contributed by atoms with E-state index in [1.807, 2.05) is 0 Å². The summed E-state index contributed by atoms with van der Waals surface area (Å²) in [6, 6.07) is 6.78. The molecule has 2 rings (SSSR count). The van der Waals surface area contributed by atoms with Gasteiger partial charge in [-0.15, -0.1) is 0 Å². The molecule has 0 radical (unpaired) electrons. The standard InChI is InChI=1S/C11H10N6O3/c1-19-8-5-3-7(4-6-8)17-10(14-15-16-17)9(13-12)11(18)20-2/h3-6H,1-2H3. The van der Waals surface area contributed by atoms with E-state index in [1.165, 1.54) is 4.68 Å². The van der Waals surface area contributed by atoms with Crippen LogP contribution in [-0.2, 0) is 9.53 Å². The second-order valence-corrected chi connectivity index (χ2v) is 3.55. The van der Waals surface area contributed by atoms with E-state index in [4.69, 9.17) is 10.3 Å². The van der Waals surface area contributed by atoms with Gasteiger partial charge in [-0.25, -0.2) is 4.79 Å². The first-order valence-electron chi connectivity index (χ1n) is 5.44. The van der Waals surface area contributed by atoms with Crippen molar-refractivity contribution in [3.05, 3.63) is 35.6 Å². The molecule has 0 spiro atoms. The first kappa shape index (κ1) is 13.4. The smallest absolute Gasteiger partial charge is 0.445 e. The van der Waals surface area contributed by atoms with Crippen LogP contribution in [0.15, 0.2) is 24.3 Å². The van der Waals surface area contributed by atoms with Gasteiger partial charge < -0.3 is 15.0 Å². The van der Waals surface area contributed by atoms with Gasteiger partial charge in [-0.3, -0.25) is 0 Å². The molecule has 0 saturated carbocycles. The second kappa shape index (κ2) is 5.72. The monoisotopic (exact) mass is 274 g/mol. The molecule has 0 amide bonds. The Bertz CT molecular complexity index is 672. The van der Waals surface area contributed by atoms with Crippen LogP contribution in [0.5, 0.6) is 5.75 Å². The number of nitrogens with zero attached hydrogens (tertiary/aromatic N) is 6. The van der Waals surface area contributed by atoms with E-state index in [0.29, 0.717) is 11.4 Å². The van der Waals surface area contributed by atoms with Crippen molar-refractivity contribution in [2.45, 2.75) is 0 Å². The number of hydrogen-bond donors (Lipinski definition) is 0. The first-order chi connectivity index (χ1) is 9.71. The number of tetrazole rings is 1. The van der Waals surface area contributed by atoms with Crippen LogP contribution in [0, 0.1) is 0 Å². The van der Waals surface area contributed by atoms with Gasteiger partial charge in [0.1, 0.15) is 5.75 Å². The summed E-state index contributed by atoms with van der Waals surface area (Å²) in [6.45, 7) is 0. The van der Waals surface area contributed by atoms with Crippen LogP contribution >= 0.6 is 0 Å². The van der Waals surface area contributed by atoms with E-state index >= 15 is 0 Å². The van der Waals surface area contributed by atoms with E-state index in [-0.39, 0.29) is 5.82 Å². The van der Waals surface area contributed by atoms with E-state index in [0.717, 1.165) is 7.11 Å². The Balaban J connectivity index is 2.46. The summed E-state index contributed by atoms with van der Waals surface area (Å²) in [4.78, 5) is 14.4. The fourth-order valence-corrected chi connectivity index (χ4v) is 1.51. The number of hydrogen-bond acceptors (Lipinski definition) is 6. The third-order valence-corrected chi connectivity index (χ3v) is 2.48. The molecule has 9 nitrogen and oxygen atoms in total. The predicted molar refractivity (Wildman–Crippen MR) is 65.5 cm³/mol. The van der Waals surface area contributed by atoms with Crippen LogP contribution in [0.3, 0.4) is 0 Å². The predicted octanol–water partition coefficient (Wildman–Crippen LogP) is -0.137. The minimum absolute atomic E-state index is 0.0375. The zero-order chi connectivity index (χ0) is 14.5. The van der Waals surface area contributed by atoms with E-state index in [2.05, 4.69) is 25.1 Å². The molecule has 1 aromatic carbocycles. The zero-order valence-electron chi connectivity index (χ0n) is 10.7. The second-order valence-electron chi connectivity index (χ2n) is 3.55. The van der Waals surface area contributed by atoms with Gasteiger partial charge in [0.25, 0.3) is 5.82 Å². The van der Waals surface area contributed by atoms with Gasteiger partial charge in [-0.05, 0) is 34.7 Å². The molecule has 9 heteroatoms. The number of carbonyl (C=O) groups is 1. The lowest BCUT2D eigenvalue weighted by atomic mass is 10.3. The van der Waals surface area contributed by atoms with Gasteiger partial charge in [0.15, 0.2) is 0 Å². The minimum Gasteiger partial charge on any atom is -0.497 e. The Morgan fingerprint density at radius 3 is 2.55 bits per heavy atom. The van der Waals surface area contributed by atoms with Crippen molar-refractivity contribution in [2.75, 3.05) is 14.2 Å². The fraction of sp³-hybridized carbons (Fsp3) is 0.182. The maximum Gasteiger partial charge on any atom is 0.445 e. The number of esters is 1. The van der Waals surface area contributed by atoms with Crippen LogP contribution in [-0.4, -0.2) is 50.9 Å².